The Morgan fingerprint density at radius 1 is 1.28 bits per heavy atom. The summed E-state index contributed by atoms with van der Waals surface area (Å²) in [5.41, 5.74) is 2.48. The van der Waals surface area contributed by atoms with Crippen LogP contribution in [0.2, 0.25) is 0 Å². The van der Waals surface area contributed by atoms with E-state index >= 15 is 0 Å². The molecule has 96 valence electrons. The number of benzene rings is 1. The number of halogens is 1. The van der Waals surface area contributed by atoms with E-state index in [9.17, 15) is 4.39 Å². The second-order valence-electron chi connectivity index (χ2n) is 4.81. The van der Waals surface area contributed by atoms with E-state index in [-0.39, 0.29) is 5.82 Å². The molecule has 0 aliphatic rings. The van der Waals surface area contributed by atoms with Crippen LogP contribution in [-0.4, -0.2) is 15.6 Å². The lowest BCUT2D eigenvalue weighted by molar-refractivity contribution is 0.618. The van der Waals surface area contributed by atoms with Crippen LogP contribution in [0, 0.1) is 19.7 Å². The minimum atomic E-state index is -0.186. The Balaban J connectivity index is 2.45. The number of nitrogens with one attached hydrogen (secondary N) is 1. The molecule has 0 unspecified atom stereocenters. The van der Waals surface area contributed by atoms with Gasteiger partial charge in [-0.15, -0.1) is 0 Å². The monoisotopic (exact) mass is 247 g/mol. The zero-order valence-electron chi connectivity index (χ0n) is 11.2. The normalized spacial score (nSPS) is 11.0. The molecule has 0 bridgehead atoms. The van der Waals surface area contributed by atoms with Gasteiger partial charge in [0.25, 0.3) is 0 Å². The fourth-order valence-electron chi connectivity index (χ4n) is 1.83. The van der Waals surface area contributed by atoms with Crippen molar-refractivity contribution in [1.82, 2.24) is 9.55 Å². The van der Waals surface area contributed by atoms with E-state index in [0.717, 1.165) is 17.3 Å². The van der Waals surface area contributed by atoms with Crippen molar-refractivity contribution < 1.29 is 4.39 Å². The number of anilines is 1. The molecule has 0 fully saturated rings. The molecule has 2 rings (SSSR count). The van der Waals surface area contributed by atoms with Crippen molar-refractivity contribution in [2.75, 3.05) is 5.32 Å². The van der Waals surface area contributed by atoms with Crippen LogP contribution < -0.4 is 5.32 Å². The first-order valence-corrected chi connectivity index (χ1v) is 6.06. The summed E-state index contributed by atoms with van der Waals surface area (Å²) in [4.78, 5) is 4.44. The summed E-state index contributed by atoms with van der Waals surface area (Å²) in [5.74, 6) is 0.600. The van der Waals surface area contributed by atoms with Gasteiger partial charge in [-0.3, -0.25) is 4.57 Å². The molecular weight excluding hydrogens is 229 g/mol. The lowest BCUT2D eigenvalue weighted by Crippen LogP contribution is -2.14. The molecule has 0 aliphatic carbocycles. The molecule has 0 atom stereocenters. The number of imidazole rings is 1. The molecule has 18 heavy (non-hydrogen) atoms. The molecule has 1 heterocycles. The first kappa shape index (κ1) is 12.6. The first-order chi connectivity index (χ1) is 8.47. The Morgan fingerprint density at radius 2 is 2.00 bits per heavy atom. The second kappa shape index (κ2) is 4.80. The highest BCUT2D eigenvalue weighted by molar-refractivity contribution is 5.45. The third-order valence-corrected chi connectivity index (χ3v) is 2.66. The van der Waals surface area contributed by atoms with Gasteiger partial charge in [0.05, 0.1) is 5.69 Å². The van der Waals surface area contributed by atoms with Gasteiger partial charge in [0.15, 0.2) is 0 Å². The Labute approximate surface area is 107 Å². The van der Waals surface area contributed by atoms with Gasteiger partial charge in [-0.2, -0.15) is 0 Å². The van der Waals surface area contributed by atoms with Gasteiger partial charge in [0.1, 0.15) is 5.82 Å². The molecular formula is C14H18FN3. The highest BCUT2D eigenvalue weighted by Gasteiger charge is 2.09. The van der Waals surface area contributed by atoms with Crippen molar-refractivity contribution in [3.8, 4) is 5.69 Å². The standard InChI is InChI=1S/C14H18FN3/c1-9(2)16-14-17-11(4)8-18(14)12-5-6-13(15)10(3)7-12/h5-9H,1-4H3,(H,16,17). The molecule has 0 amide bonds. The lowest BCUT2D eigenvalue weighted by atomic mass is 10.2. The SMILES string of the molecule is Cc1cn(-c2ccc(F)c(C)c2)c(NC(C)C)n1. The summed E-state index contributed by atoms with van der Waals surface area (Å²) in [6.07, 6.45) is 1.94. The topological polar surface area (TPSA) is 29.9 Å². The van der Waals surface area contributed by atoms with Crippen LogP contribution in [-0.2, 0) is 0 Å². The van der Waals surface area contributed by atoms with Crippen LogP contribution >= 0.6 is 0 Å². The van der Waals surface area contributed by atoms with Gasteiger partial charge >= 0.3 is 0 Å². The van der Waals surface area contributed by atoms with Crippen LogP contribution in [0.4, 0.5) is 10.3 Å². The van der Waals surface area contributed by atoms with Crippen LogP contribution in [0.1, 0.15) is 25.1 Å². The molecule has 1 aromatic carbocycles. The van der Waals surface area contributed by atoms with E-state index < -0.39 is 0 Å². The molecule has 1 aromatic heterocycles. The van der Waals surface area contributed by atoms with Crippen LogP contribution in [0.5, 0.6) is 0 Å². The summed E-state index contributed by atoms with van der Waals surface area (Å²) in [6.45, 7) is 7.82. The van der Waals surface area contributed by atoms with Crippen molar-refractivity contribution in [3.63, 3.8) is 0 Å². The predicted molar refractivity (Wildman–Crippen MR) is 71.8 cm³/mol. The fraction of sp³-hybridized carbons (Fsp3) is 0.357. The molecule has 0 saturated carbocycles. The van der Waals surface area contributed by atoms with E-state index in [1.54, 1.807) is 13.0 Å². The summed E-state index contributed by atoms with van der Waals surface area (Å²) in [6, 6.07) is 5.36. The zero-order valence-corrected chi connectivity index (χ0v) is 11.2. The predicted octanol–water partition coefficient (Wildman–Crippen LogP) is 3.45. The van der Waals surface area contributed by atoms with Crippen molar-refractivity contribution >= 4 is 5.95 Å². The maximum absolute atomic E-state index is 13.3. The fourth-order valence-corrected chi connectivity index (χ4v) is 1.83. The Bertz CT molecular complexity index is 558. The third-order valence-electron chi connectivity index (χ3n) is 2.66. The smallest absolute Gasteiger partial charge is 0.207 e. The Morgan fingerprint density at radius 3 is 2.61 bits per heavy atom. The molecule has 0 radical (unpaired) electrons. The summed E-state index contributed by atoms with van der Waals surface area (Å²) in [5, 5.41) is 3.28. The van der Waals surface area contributed by atoms with Crippen molar-refractivity contribution in [1.29, 1.82) is 0 Å². The number of nitrogens with zero attached hydrogens (tertiary/aromatic N) is 2. The minimum Gasteiger partial charge on any atom is -0.353 e. The summed E-state index contributed by atoms with van der Waals surface area (Å²) in [7, 11) is 0. The van der Waals surface area contributed by atoms with Gasteiger partial charge in [-0.05, 0) is 51.5 Å². The average molecular weight is 247 g/mol. The maximum Gasteiger partial charge on any atom is 0.207 e. The summed E-state index contributed by atoms with van der Waals surface area (Å²) >= 11 is 0. The molecule has 1 N–H and O–H groups in total. The van der Waals surface area contributed by atoms with Crippen molar-refractivity contribution in [2.24, 2.45) is 0 Å². The second-order valence-corrected chi connectivity index (χ2v) is 4.81. The number of rotatable bonds is 3. The highest BCUT2D eigenvalue weighted by atomic mass is 19.1. The van der Waals surface area contributed by atoms with Crippen LogP contribution in [0.15, 0.2) is 24.4 Å². The molecule has 0 saturated heterocycles. The van der Waals surface area contributed by atoms with Gasteiger partial charge in [-0.1, -0.05) is 0 Å². The van der Waals surface area contributed by atoms with Gasteiger partial charge in [0.2, 0.25) is 5.95 Å². The maximum atomic E-state index is 13.3. The average Bonchev–Trinajstić information content (AvgIpc) is 2.62. The number of aryl methyl sites for hydroxylation is 2. The number of aromatic nitrogens is 2. The minimum absolute atomic E-state index is 0.186. The van der Waals surface area contributed by atoms with E-state index in [0.29, 0.717) is 11.6 Å². The van der Waals surface area contributed by atoms with Crippen LogP contribution in [0.25, 0.3) is 5.69 Å². The van der Waals surface area contributed by atoms with Crippen LogP contribution in [0.3, 0.4) is 0 Å². The Kier molecular flexibility index (Phi) is 3.36. The third kappa shape index (κ3) is 2.53. The van der Waals surface area contributed by atoms with Gasteiger partial charge < -0.3 is 5.32 Å². The lowest BCUT2D eigenvalue weighted by Gasteiger charge is -2.12. The van der Waals surface area contributed by atoms with Gasteiger partial charge in [0, 0.05) is 17.9 Å². The molecule has 0 spiro atoms. The highest BCUT2D eigenvalue weighted by Crippen LogP contribution is 2.19. The first-order valence-electron chi connectivity index (χ1n) is 6.06. The van der Waals surface area contributed by atoms with Crippen molar-refractivity contribution in [2.45, 2.75) is 33.7 Å². The molecule has 3 nitrogen and oxygen atoms in total. The summed E-state index contributed by atoms with van der Waals surface area (Å²) < 4.78 is 15.2. The Hall–Kier alpha value is -1.84. The molecule has 0 aliphatic heterocycles. The van der Waals surface area contributed by atoms with E-state index in [2.05, 4.69) is 24.1 Å². The van der Waals surface area contributed by atoms with E-state index in [1.165, 1.54) is 6.07 Å². The van der Waals surface area contributed by atoms with E-state index in [1.807, 2.05) is 23.8 Å². The van der Waals surface area contributed by atoms with Crippen molar-refractivity contribution in [3.05, 3.63) is 41.5 Å². The zero-order chi connectivity index (χ0) is 13.3. The largest absolute Gasteiger partial charge is 0.353 e. The van der Waals surface area contributed by atoms with Gasteiger partial charge in [-0.25, -0.2) is 9.37 Å². The number of hydrogen-bond donors (Lipinski definition) is 1. The number of hydrogen-bond acceptors (Lipinski definition) is 2. The molecule has 4 heteroatoms. The quantitative estimate of drug-likeness (QED) is 0.900. The van der Waals surface area contributed by atoms with E-state index in [4.69, 9.17) is 0 Å². The molecule has 2 aromatic rings.